The predicted octanol–water partition coefficient (Wildman–Crippen LogP) is 1.93. The minimum atomic E-state index is 0.355. The number of hydrogen-bond donors (Lipinski definition) is 1. The van der Waals surface area contributed by atoms with Gasteiger partial charge in [0.15, 0.2) is 0 Å². The molecular formula is C10H16N2OS. The predicted molar refractivity (Wildman–Crippen MR) is 57.8 cm³/mol. The Bertz CT molecular complexity index is 292. The highest BCUT2D eigenvalue weighted by atomic mass is 32.1. The second-order valence-corrected chi connectivity index (χ2v) is 4.93. The first-order valence-electron chi connectivity index (χ1n) is 5.04. The van der Waals surface area contributed by atoms with Gasteiger partial charge in [0.2, 0.25) is 0 Å². The Kier molecular flexibility index (Phi) is 3.15. The lowest BCUT2D eigenvalue weighted by molar-refractivity contribution is 0.0778. The Morgan fingerprint density at radius 2 is 2.50 bits per heavy atom. The van der Waals surface area contributed by atoms with E-state index in [1.807, 2.05) is 6.20 Å². The SMILES string of the molecule is CC(C)c1ncc(C2COCCN2)s1. The molecule has 0 spiro atoms. The van der Waals surface area contributed by atoms with Crippen molar-refractivity contribution in [3.05, 3.63) is 16.1 Å². The maximum atomic E-state index is 5.42. The van der Waals surface area contributed by atoms with Gasteiger partial charge in [-0.2, -0.15) is 0 Å². The first-order chi connectivity index (χ1) is 6.77. The van der Waals surface area contributed by atoms with E-state index in [2.05, 4.69) is 24.1 Å². The number of rotatable bonds is 2. The smallest absolute Gasteiger partial charge is 0.0953 e. The van der Waals surface area contributed by atoms with Crippen LogP contribution in [0, 0.1) is 0 Å². The minimum Gasteiger partial charge on any atom is -0.378 e. The lowest BCUT2D eigenvalue weighted by Crippen LogP contribution is -2.34. The molecule has 2 rings (SSSR count). The van der Waals surface area contributed by atoms with Crippen molar-refractivity contribution in [1.29, 1.82) is 0 Å². The molecule has 0 aliphatic carbocycles. The first-order valence-corrected chi connectivity index (χ1v) is 5.86. The number of aromatic nitrogens is 1. The highest BCUT2D eigenvalue weighted by Crippen LogP contribution is 2.26. The Morgan fingerprint density at radius 3 is 3.07 bits per heavy atom. The summed E-state index contributed by atoms with van der Waals surface area (Å²) in [4.78, 5) is 5.71. The highest BCUT2D eigenvalue weighted by molar-refractivity contribution is 7.11. The van der Waals surface area contributed by atoms with Gasteiger partial charge < -0.3 is 10.1 Å². The molecule has 1 fully saturated rings. The molecule has 0 aromatic carbocycles. The Hall–Kier alpha value is -0.450. The van der Waals surface area contributed by atoms with Crippen molar-refractivity contribution < 1.29 is 4.74 Å². The van der Waals surface area contributed by atoms with Crippen molar-refractivity contribution >= 4 is 11.3 Å². The molecule has 78 valence electrons. The van der Waals surface area contributed by atoms with Gasteiger partial charge in [-0.05, 0) is 0 Å². The molecule has 1 aliphatic heterocycles. The lowest BCUT2D eigenvalue weighted by Gasteiger charge is -2.22. The van der Waals surface area contributed by atoms with Gasteiger partial charge in [0.25, 0.3) is 0 Å². The molecule has 1 N–H and O–H groups in total. The van der Waals surface area contributed by atoms with Gasteiger partial charge in [-0.15, -0.1) is 11.3 Å². The largest absolute Gasteiger partial charge is 0.378 e. The van der Waals surface area contributed by atoms with Crippen LogP contribution in [0.4, 0.5) is 0 Å². The summed E-state index contributed by atoms with van der Waals surface area (Å²) in [6.07, 6.45) is 1.98. The van der Waals surface area contributed by atoms with Gasteiger partial charge in [0, 0.05) is 23.5 Å². The van der Waals surface area contributed by atoms with Crippen molar-refractivity contribution in [3.63, 3.8) is 0 Å². The molecule has 1 saturated heterocycles. The van der Waals surface area contributed by atoms with Crippen molar-refractivity contribution in [2.75, 3.05) is 19.8 Å². The normalized spacial score (nSPS) is 22.9. The summed E-state index contributed by atoms with van der Waals surface area (Å²) in [6.45, 7) is 6.90. The molecule has 1 aromatic heterocycles. The Labute approximate surface area is 88.5 Å². The van der Waals surface area contributed by atoms with E-state index in [1.165, 1.54) is 9.88 Å². The van der Waals surface area contributed by atoms with Crippen LogP contribution in [0.2, 0.25) is 0 Å². The van der Waals surface area contributed by atoms with Crippen LogP contribution in [-0.2, 0) is 4.74 Å². The molecule has 3 nitrogen and oxygen atoms in total. The molecule has 0 saturated carbocycles. The monoisotopic (exact) mass is 212 g/mol. The van der Waals surface area contributed by atoms with E-state index in [4.69, 9.17) is 4.74 Å². The molecule has 1 aliphatic rings. The summed E-state index contributed by atoms with van der Waals surface area (Å²) in [7, 11) is 0. The second kappa shape index (κ2) is 4.38. The molecule has 1 aromatic rings. The van der Waals surface area contributed by atoms with Crippen LogP contribution < -0.4 is 5.32 Å². The summed E-state index contributed by atoms with van der Waals surface area (Å²) in [5.74, 6) is 0.526. The van der Waals surface area contributed by atoms with Gasteiger partial charge in [-0.3, -0.25) is 0 Å². The van der Waals surface area contributed by atoms with E-state index in [0.717, 1.165) is 19.8 Å². The Balaban J connectivity index is 2.07. The van der Waals surface area contributed by atoms with Crippen LogP contribution in [-0.4, -0.2) is 24.7 Å². The summed E-state index contributed by atoms with van der Waals surface area (Å²) in [5, 5.41) is 4.65. The molecule has 2 heterocycles. The fourth-order valence-corrected chi connectivity index (χ4v) is 2.46. The number of thiazole rings is 1. The average Bonchev–Trinajstić information content (AvgIpc) is 2.68. The van der Waals surface area contributed by atoms with Gasteiger partial charge in [0.1, 0.15) is 0 Å². The zero-order chi connectivity index (χ0) is 9.97. The van der Waals surface area contributed by atoms with E-state index in [9.17, 15) is 0 Å². The standard InChI is InChI=1S/C10H16N2OS/c1-7(2)10-12-5-9(14-10)8-6-13-4-3-11-8/h5,7-8,11H,3-4,6H2,1-2H3. The van der Waals surface area contributed by atoms with Crippen LogP contribution in [0.3, 0.4) is 0 Å². The third-order valence-corrected chi connectivity index (χ3v) is 3.71. The number of ether oxygens (including phenoxy) is 1. The number of nitrogens with one attached hydrogen (secondary N) is 1. The van der Waals surface area contributed by atoms with Crippen LogP contribution in [0.25, 0.3) is 0 Å². The van der Waals surface area contributed by atoms with E-state index in [1.54, 1.807) is 11.3 Å². The molecule has 14 heavy (non-hydrogen) atoms. The summed E-state index contributed by atoms with van der Waals surface area (Å²) < 4.78 is 5.42. The van der Waals surface area contributed by atoms with Crippen LogP contribution in [0.1, 0.15) is 35.7 Å². The summed E-state index contributed by atoms with van der Waals surface area (Å²) >= 11 is 1.79. The molecular weight excluding hydrogens is 196 g/mol. The van der Waals surface area contributed by atoms with Crippen molar-refractivity contribution in [1.82, 2.24) is 10.3 Å². The fourth-order valence-electron chi connectivity index (χ4n) is 1.48. The number of nitrogens with zero attached hydrogens (tertiary/aromatic N) is 1. The van der Waals surface area contributed by atoms with Gasteiger partial charge >= 0.3 is 0 Å². The maximum absolute atomic E-state index is 5.42. The third kappa shape index (κ3) is 2.13. The molecule has 0 radical (unpaired) electrons. The van der Waals surface area contributed by atoms with Gasteiger partial charge in [0.05, 0.1) is 24.3 Å². The Morgan fingerprint density at radius 1 is 1.64 bits per heavy atom. The van der Waals surface area contributed by atoms with Gasteiger partial charge in [-0.25, -0.2) is 4.98 Å². The van der Waals surface area contributed by atoms with Gasteiger partial charge in [-0.1, -0.05) is 13.8 Å². The zero-order valence-corrected chi connectivity index (χ0v) is 9.43. The van der Waals surface area contributed by atoms with E-state index in [0.29, 0.717) is 12.0 Å². The fraction of sp³-hybridized carbons (Fsp3) is 0.700. The maximum Gasteiger partial charge on any atom is 0.0953 e. The third-order valence-electron chi connectivity index (χ3n) is 2.30. The zero-order valence-electron chi connectivity index (χ0n) is 8.62. The second-order valence-electron chi connectivity index (χ2n) is 3.84. The molecule has 1 atom stereocenters. The van der Waals surface area contributed by atoms with E-state index in [-0.39, 0.29) is 0 Å². The molecule has 0 bridgehead atoms. The first kappa shape index (κ1) is 10.1. The summed E-state index contributed by atoms with van der Waals surface area (Å²) in [6, 6.07) is 0.355. The molecule has 0 amide bonds. The molecule has 1 unspecified atom stereocenters. The topological polar surface area (TPSA) is 34.1 Å². The lowest BCUT2D eigenvalue weighted by atomic mass is 10.2. The summed E-state index contributed by atoms with van der Waals surface area (Å²) in [5.41, 5.74) is 0. The average molecular weight is 212 g/mol. The van der Waals surface area contributed by atoms with E-state index >= 15 is 0 Å². The number of hydrogen-bond acceptors (Lipinski definition) is 4. The quantitative estimate of drug-likeness (QED) is 0.813. The minimum absolute atomic E-state index is 0.355. The van der Waals surface area contributed by atoms with Crippen LogP contribution >= 0.6 is 11.3 Å². The van der Waals surface area contributed by atoms with Crippen molar-refractivity contribution in [2.24, 2.45) is 0 Å². The van der Waals surface area contributed by atoms with E-state index < -0.39 is 0 Å². The molecule has 4 heteroatoms. The number of morpholine rings is 1. The van der Waals surface area contributed by atoms with Crippen LogP contribution in [0.15, 0.2) is 6.20 Å². The van der Waals surface area contributed by atoms with Crippen LogP contribution in [0.5, 0.6) is 0 Å². The highest BCUT2D eigenvalue weighted by Gasteiger charge is 2.18. The van der Waals surface area contributed by atoms with Crippen molar-refractivity contribution in [3.8, 4) is 0 Å². The van der Waals surface area contributed by atoms with Crippen molar-refractivity contribution in [2.45, 2.75) is 25.8 Å².